The Morgan fingerprint density at radius 2 is 2.04 bits per heavy atom. The summed E-state index contributed by atoms with van der Waals surface area (Å²) in [6.07, 6.45) is 9.55. The first kappa shape index (κ1) is 18.2. The summed E-state index contributed by atoms with van der Waals surface area (Å²) in [6.45, 7) is 4.28. The lowest BCUT2D eigenvalue weighted by molar-refractivity contribution is -0.119. The SMILES string of the molecule is Cc1nc(SCC(=O)NC2CCCCC2)c2c3c(sc2n1)CC(C)CC3. The lowest BCUT2D eigenvalue weighted by atomic mass is 9.89. The van der Waals surface area contributed by atoms with Crippen LogP contribution in [0.2, 0.25) is 0 Å². The summed E-state index contributed by atoms with van der Waals surface area (Å²) in [7, 11) is 0. The normalized spacial score (nSPS) is 20.9. The molecule has 1 amide bonds. The number of hydrogen-bond donors (Lipinski definition) is 1. The molecule has 2 aromatic rings. The molecular formula is C20H27N3OS2. The molecule has 1 saturated carbocycles. The van der Waals surface area contributed by atoms with Gasteiger partial charge < -0.3 is 5.32 Å². The maximum atomic E-state index is 12.4. The minimum Gasteiger partial charge on any atom is -0.353 e. The van der Waals surface area contributed by atoms with E-state index < -0.39 is 0 Å². The van der Waals surface area contributed by atoms with Crippen LogP contribution in [-0.2, 0) is 17.6 Å². The second kappa shape index (κ2) is 7.85. The van der Waals surface area contributed by atoms with Crippen molar-refractivity contribution < 1.29 is 4.79 Å². The molecule has 140 valence electrons. The Balaban J connectivity index is 1.51. The van der Waals surface area contributed by atoms with Gasteiger partial charge in [0.1, 0.15) is 15.7 Å². The molecule has 4 rings (SSSR count). The van der Waals surface area contributed by atoms with Gasteiger partial charge in [0.25, 0.3) is 0 Å². The van der Waals surface area contributed by atoms with Gasteiger partial charge in [0.15, 0.2) is 0 Å². The minimum absolute atomic E-state index is 0.143. The summed E-state index contributed by atoms with van der Waals surface area (Å²) >= 11 is 3.41. The number of nitrogens with zero attached hydrogens (tertiary/aromatic N) is 2. The van der Waals surface area contributed by atoms with Crippen molar-refractivity contribution in [2.45, 2.75) is 76.3 Å². The zero-order chi connectivity index (χ0) is 18.1. The molecule has 0 bridgehead atoms. The van der Waals surface area contributed by atoms with Gasteiger partial charge in [0.05, 0.1) is 5.75 Å². The monoisotopic (exact) mass is 389 g/mol. The third-order valence-electron chi connectivity index (χ3n) is 5.54. The fraction of sp³-hybridized carbons (Fsp3) is 0.650. The van der Waals surface area contributed by atoms with Crippen molar-refractivity contribution in [2.75, 3.05) is 5.75 Å². The fourth-order valence-corrected chi connectivity index (χ4v) is 6.57. The molecule has 0 saturated heterocycles. The molecule has 2 aromatic heterocycles. The van der Waals surface area contributed by atoms with Crippen LogP contribution in [0.3, 0.4) is 0 Å². The van der Waals surface area contributed by atoms with Crippen LogP contribution in [0.15, 0.2) is 5.03 Å². The highest BCUT2D eigenvalue weighted by Gasteiger charge is 2.24. The van der Waals surface area contributed by atoms with Gasteiger partial charge in [-0.2, -0.15) is 0 Å². The van der Waals surface area contributed by atoms with E-state index in [1.807, 2.05) is 18.3 Å². The topological polar surface area (TPSA) is 54.9 Å². The lowest BCUT2D eigenvalue weighted by Gasteiger charge is -2.22. The number of aryl methyl sites for hydroxylation is 2. The van der Waals surface area contributed by atoms with Crippen molar-refractivity contribution in [3.63, 3.8) is 0 Å². The molecule has 0 aromatic carbocycles. The number of amides is 1. The van der Waals surface area contributed by atoms with E-state index in [1.54, 1.807) is 11.8 Å². The number of rotatable bonds is 4. The van der Waals surface area contributed by atoms with E-state index in [4.69, 9.17) is 4.98 Å². The molecule has 4 nitrogen and oxygen atoms in total. The number of carbonyl (C=O) groups excluding carboxylic acids is 1. The van der Waals surface area contributed by atoms with Gasteiger partial charge in [-0.25, -0.2) is 9.97 Å². The van der Waals surface area contributed by atoms with Crippen LogP contribution in [0.25, 0.3) is 10.2 Å². The van der Waals surface area contributed by atoms with E-state index in [0.29, 0.717) is 11.8 Å². The molecule has 6 heteroatoms. The van der Waals surface area contributed by atoms with Gasteiger partial charge in [0.2, 0.25) is 5.91 Å². The second-order valence-electron chi connectivity index (χ2n) is 7.80. The number of carbonyl (C=O) groups is 1. The van der Waals surface area contributed by atoms with Gasteiger partial charge in [-0.1, -0.05) is 37.9 Å². The highest BCUT2D eigenvalue weighted by Crippen LogP contribution is 2.40. The van der Waals surface area contributed by atoms with Crippen LogP contribution in [-0.4, -0.2) is 27.7 Å². The van der Waals surface area contributed by atoms with Crippen molar-refractivity contribution in [1.29, 1.82) is 0 Å². The maximum Gasteiger partial charge on any atom is 0.230 e. The average molecular weight is 390 g/mol. The molecule has 2 aliphatic rings. The van der Waals surface area contributed by atoms with Gasteiger partial charge in [-0.15, -0.1) is 11.3 Å². The van der Waals surface area contributed by atoms with Crippen molar-refractivity contribution in [3.05, 3.63) is 16.3 Å². The third-order valence-corrected chi connectivity index (χ3v) is 7.67. The number of nitrogens with one attached hydrogen (secondary N) is 1. The summed E-state index contributed by atoms with van der Waals surface area (Å²) in [5.41, 5.74) is 1.44. The van der Waals surface area contributed by atoms with Crippen molar-refractivity contribution in [1.82, 2.24) is 15.3 Å². The van der Waals surface area contributed by atoms with Gasteiger partial charge in [-0.05, 0) is 50.5 Å². The van der Waals surface area contributed by atoms with E-state index in [2.05, 4.69) is 17.2 Å². The molecule has 1 N–H and O–H groups in total. The molecule has 26 heavy (non-hydrogen) atoms. The molecule has 2 heterocycles. The summed E-state index contributed by atoms with van der Waals surface area (Å²) in [5.74, 6) is 2.15. The smallest absolute Gasteiger partial charge is 0.230 e. The molecule has 0 aliphatic heterocycles. The molecular weight excluding hydrogens is 362 g/mol. The molecule has 1 atom stereocenters. The predicted molar refractivity (Wildman–Crippen MR) is 109 cm³/mol. The Bertz CT molecular complexity index is 811. The summed E-state index contributed by atoms with van der Waals surface area (Å²) < 4.78 is 0. The first-order valence-electron chi connectivity index (χ1n) is 9.81. The van der Waals surface area contributed by atoms with Crippen LogP contribution in [0.4, 0.5) is 0 Å². The second-order valence-corrected chi connectivity index (χ2v) is 9.85. The first-order chi connectivity index (χ1) is 12.6. The van der Waals surface area contributed by atoms with Crippen LogP contribution in [0, 0.1) is 12.8 Å². The Morgan fingerprint density at radius 3 is 2.85 bits per heavy atom. The molecule has 0 radical (unpaired) electrons. The largest absolute Gasteiger partial charge is 0.353 e. The van der Waals surface area contributed by atoms with E-state index in [0.717, 1.165) is 47.3 Å². The van der Waals surface area contributed by atoms with E-state index in [1.165, 1.54) is 41.5 Å². The standard InChI is InChI=1S/C20H27N3OS2/c1-12-8-9-15-16(10-12)26-20-18(15)19(21-13(2)22-20)25-11-17(24)23-14-6-4-3-5-7-14/h12,14H,3-11H2,1-2H3,(H,23,24). The number of thiophene rings is 1. The molecule has 1 fully saturated rings. The van der Waals surface area contributed by atoms with Gasteiger partial charge in [0, 0.05) is 16.3 Å². The van der Waals surface area contributed by atoms with E-state index >= 15 is 0 Å². The Kier molecular flexibility index (Phi) is 5.50. The molecule has 1 unspecified atom stereocenters. The Hall–Kier alpha value is -1.14. The number of thioether (sulfide) groups is 1. The maximum absolute atomic E-state index is 12.4. The van der Waals surface area contributed by atoms with Crippen LogP contribution in [0.1, 0.15) is 61.7 Å². The fourth-order valence-electron chi connectivity index (χ4n) is 4.17. The van der Waals surface area contributed by atoms with Gasteiger partial charge >= 0.3 is 0 Å². The number of aromatic nitrogens is 2. The number of fused-ring (bicyclic) bond motifs is 3. The van der Waals surface area contributed by atoms with Crippen LogP contribution in [0.5, 0.6) is 0 Å². The van der Waals surface area contributed by atoms with Crippen LogP contribution < -0.4 is 5.32 Å². The molecule has 0 spiro atoms. The minimum atomic E-state index is 0.143. The van der Waals surface area contributed by atoms with Gasteiger partial charge in [-0.3, -0.25) is 4.79 Å². The van der Waals surface area contributed by atoms with E-state index in [-0.39, 0.29) is 5.91 Å². The summed E-state index contributed by atoms with van der Waals surface area (Å²) in [5, 5.41) is 5.43. The highest BCUT2D eigenvalue weighted by molar-refractivity contribution is 8.00. The van der Waals surface area contributed by atoms with E-state index in [9.17, 15) is 4.79 Å². The zero-order valence-electron chi connectivity index (χ0n) is 15.6. The third kappa shape index (κ3) is 3.91. The Labute approximate surface area is 163 Å². The quantitative estimate of drug-likeness (QED) is 0.610. The predicted octanol–water partition coefficient (Wildman–Crippen LogP) is 4.67. The first-order valence-corrected chi connectivity index (χ1v) is 11.6. The summed E-state index contributed by atoms with van der Waals surface area (Å²) in [4.78, 5) is 24.4. The zero-order valence-corrected chi connectivity index (χ0v) is 17.3. The lowest BCUT2D eigenvalue weighted by Crippen LogP contribution is -2.37. The molecule has 2 aliphatic carbocycles. The highest BCUT2D eigenvalue weighted by atomic mass is 32.2. The van der Waals surface area contributed by atoms with Crippen molar-refractivity contribution >= 4 is 39.2 Å². The van der Waals surface area contributed by atoms with Crippen LogP contribution >= 0.6 is 23.1 Å². The summed E-state index contributed by atoms with van der Waals surface area (Å²) in [6, 6.07) is 0.374. The Morgan fingerprint density at radius 1 is 1.23 bits per heavy atom. The number of hydrogen-bond acceptors (Lipinski definition) is 5. The van der Waals surface area contributed by atoms with Crippen molar-refractivity contribution in [2.24, 2.45) is 5.92 Å². The average Bonchev–Trinajstić information content (AvgIpc) is 2.97. The van der Waals surface area contributed by atoms with Crippen molar-refractivity contribution in [3.8, 4) is 0 Å².